The van der Waals surface area contributed by atoms with E-state index in [9.17, 15) is 9.18 Å². The largest absolute Gasteiger partial charge is 0.497 e. The Hall–Kier alpha value is -2.56. The van der Waals surface area contributed by atoms with Gasteiger partial charge in [0.1, 0.15) is 5.75 Å². The number of hydrogen-bond donors (Lipinski definition) is 1. The lowest BCUT2D eigenvalue weighted by Crippen LogP contribution is -2.12. The molecule has 0 radical (unpaired) electrons. The van der Waals surface area contributed by atoms with Gasteiger partial charge in [0, 0.05) is 17.3 Å². The van der Waals surface area contributed by atoms with Crippen molar-refractivity contribution >= 4 is 11.6 Å². The fraction of sp³-hybridized carbons (Fsp3) is 0.133. The molecule has 2 aromatic carbocycles. The predicted molar refractivity (Wildman–Crippen MR) is 73.9 cm³/mol. The second kappa shape index (κ2) is 6.06. The highest BCUT2D eigenvalue weighted by molar-refractivity contribution is 6.04. The van der Waals surface area contributed by atoms with E-state index in [0.29, 0.717) is 17.0 Å². The third-order valence-corrected chi connectivity index (χ3v) is 2.74. The van der Waals surface area contributed by atoms with Crippen molar-refractivity contribution in [3.05, 3.63) is 53.8 Å². The average Bonchev–Trinajstić information content (AvgIpc) is 2.47. The first-order valence-corrected chi connectivity index (χ1v) is 5.93. The Morgan fingerprint density at radius 3 is 2.55 bits per heavy atom. The lowest BCUT2D eigenvalue weighted by Gasteiger charge is -2.08. The van der Waals surface area contributed by atoms with Crippen molar-refractivity contribution in [3.8, 4) is 11.5 Å². The molecule has 1 N–H and O–H groups in total. The van der Waals surface area contributed by atoms with Gasteiger partial charge in [0.2, 0.25) is 0 Å². The van der Waals surface area contributed by atoms with Crippen molar-refractivity contribution in [1.82, 2.24) is 0 Å². The Morgan fingerprint density at radius 1 is 1.10 bits per heavy atom. The number of anilines is 1. The minimum atomic E-state index is -0.532. The second-order valence-corrected chi connectivity index (χ2v) is 4.04. The molecule has 0 heterocycles. The van der Waals surface area contributed by atoms with Crippen LogP contribution in [0, 0.1) is 5.82 Å². The fourth-order valence-corrected chi connectivity index (χ4v) is 1.71. The standard InChI is InChI=1S/C15H14FNO3/c1-19-12-5-3-4-10(8-12)15(18)17-11-6-7-14(20-2)13(16)9-11/h3-9H,1-2H3,(H,17,18). The topological polar surface area (TPSA) is 47.6 Å². The van der Waals surface area contributed by atoms with Crippen LogP contribution in [0.15, 0.2) is 42.5 Å². The molecule has 4 nitrogen and oxygen atoms in total. The number of ether oxygens (including phenoxy) is 2. The SMILES string of the molecule is COc1cccc(C(=O)Nc2ccc(OC)c(F)c2)c1. The van der Waals surface area contributed by atoms with Gasteiger partial charge in [0.05, 0.1) is 14.2 Å². The van der Waals surface area contributed by atoms with Gasteiger partial charge >= 0.3 is 0 Å². The van der Waals surface area contributed by atoms with Crippen LogP contribution in [0.1, 0.15) is 10.4 Å². The molecular weight excluding hydrogens is 261 g/mol. The van der Waals surface area contributed by atoms with Crippen LogP contribution in [0.4, 0.5) is 10.1 Å². The molecule has 5 heteroatoms. The smallest absolute Gasteiger partial charge is 0.255 e. The van der Waals surface area contributed by atoms with Gasteiger partial charge in [-0.3, -0.25) is 4.79 Å². The van der Waals surface area contributed by atoms with Gasteiger partial charge in [-0.25, -0.2) is 4.39 Å². The van der Waals surface area contributed by atoms with Crippen molar-refractivity contribution < 1.29 is 18.7 Å². The number of carbonyl (C=O) groups excluding carboxylic acids is 1. The van der Waals surface area contributed by atoms with Crippen LogP contribution in [-0.2, 0) is 0 Å². The van der Waals surface area contributed by atoms with Crippen molar-refractivity contribution in [2.24, 2.45) is 0 Å². The molecule has 0 unspecified atom stereocenters. The van der Waals surface area contributed by atoms with Crippen molar-refractivity contribution in [1.29, 1.82) is 0 Å². The summed E-state index contributed by atoms with van der Waals surface area (Å²) < 4.78 is 23.4. The highest BCUT2D eigenvalue weighted by Gasteiger charge is 2.09. The zero-order valence-corrected chi connectivity index (χ0v) is 11.1. The average molecular weight is 275 g/mol. The summed E-state index contributed by atoms with van der Waals surface area (Å²) in [6, 6.07) is 10.9. The summed E-state index contributed by atoms with van der Waals surface area (Å²) in [4.78, 5) is 12.0. The number of nitrogens with one attached hydrogen (secondary N) is 1. The Kier molecular flexibility index (Phi) is 4.20. The molecule has 0 aromatic heterocycles. The molecule has 0 aliphatic rings. The van der Waals surface area contributed by atoms with Crippen molar-refractivity contribution in [3.63, 3.8) is 0 Å². The summed E-state index contributed by atoms with van der Waals surface area (Å²) in [6.07, 6.45) is 0. The molecule has 0 atom stereocenters. The number of halogens is 1. The van der Waals surface area contributed by atoms with E-state index in [1.54, 1.807) is 30.3 Å². The number of methoxy groups -OCH3 is 2. The quantitative estimate of drug-likeness (QED) is 0.932. The molecule has 0 aliphatic heterocycles. The Morgan fingerprint density at radius 2 is 1.90 bits per heavy atom. The van der Waals surface area contributed by atoms with Gasteiger partial charge in [-0.15, -0.1) is 0 Å². The van der Waals surface area contributed by atoms with E-state index in [1.807, 2.05) is 0 Å². The maximum Gasteiger partial charge on any atom is 0.255 e. The monoisotopic (exact) mass is 275 g/mol. The first kappa shape index (κ1) is 13.9. The Labute approximate surface area is 116 Å². The molecule has 0 fully saturated rings. The van der Waals surface area contributed by atoms with Gasteiger partial charge in [0.25, 0.3) is 5.91 Å². The molecule has 0 saturated heterocycles. The summed E-state index contributed by atoms with van der Waals surface area (Å²) >= 11 is 0. The summed E-state index contributed by atoms with van der Waals surface area (Å²) in [5.41, 5.74) is 0.789. The van der Waals surface area contributed by atoms with Gasteiger partial charge in [-0.2, -0.15) is 0 Å². The second-order valence-electron chi connectivity index (χ2n) is 4.04. The van der Waals surface area contributed by atoms with Crippen molar-refractivity contribution in [2.75, 3.05) is 19.5 Å². The zero-order chi connectivity index (χ0) is 14.5. The molecule has 2 rings (SSSR count). The predicted octanol–water partition coefficient (Wildman–Crippen LogP) is 3.10. The molecule has 20 heavy (non-hydrogen) atoms. The maximum absolute atomic E-state index is 13.5. The van der Waals surface area contributed by atoms with Gasteiger partial charge < -0.3 is 14.8 Å². The zero-order valence-electron chi connectivity index (χ0n) is 11.1. The number of rotatable bonds is 4. The summed E-state index contributed by atoms with van der Waals surface area (Å²) in [6.45, 7) is 0. The molecule has 0 saturated carbocycles. The normalized spacial score (nSPS) is 9.95. The summed E-state index contributed by atoms with van der Waals surface area (Å²) in [7, 11) is 2.91. The minimum Gasteiger partial charge on any atom is -0.497 e. The van der Waals surface area contributed by atoms with Crippen molar-refractivity contribution in [2.45, 2.75) is 0 Å². The van der Waals surface area contributed by atoms with E-state index in [2.05, 4.69) is 5.32 Å². The Balaban J connectivity index is 2.16. The third-order valence-electron chi connectivity index (χ3n) is 2.74. The van der Waals surface area contributed by atoms with E-state index in [0.717, 1.165) is 0 Å². The first-order valence-electron chi connectivity index (χ1n) is 5.93. The lowest BCUT2D eigenvalue weighted by atomic mass is 10.2. The maximum atomic E-state index is 13.5. The van der Waals surface area contributed by atoms with Gasteiger partial charge in [0.15, 0.2) is 11.6 Å². The van der Waals surface area contributed by atoms with E-state index >= 15 is 0 Å². The summed E-state index contributed by atoms with van der Waals surface area (Å²) in [5.74, 6) is -0.160. The molecule has 0 bridgehead atoms. The van der Waals surface area contributed by atoms with Crippen LogP contribution < -0.4 is 14.8 Å². The molecule has 0 spiro atoms. The first-order chi connectivity index (χ1) is 9.63. The molecule has 2 aromatic rings. The van der Waals surface area contributed by atoms with Gasteiger partial charge in [-0.1, -0.05) is 6.07 Å². The highest BCUT2D eigenvalue weighted by Crippen LogP contribution is 2.21. The van der Waals surface area contributed by atoms with Crippen LogP contribution in [0.5, 0.6) is 11.5 Å². The summed E-state index contributed by atoms with van der Waals surface area (Å²) in [5, 5.41) is 2.61. The van der Waals surface area contributed by atoms with Crippen LogP contribution in [-0.4, -0.2) is 20.1 Å². The lowest BCUT2D eigenvalue weighted by molar-refractivity contribution is 0.102. The highest BCUT2D eigenvalue weighted by atomic mass is 19.1. The van der Waals surface area contributed by atoms with E-state index in [4.69, 9.17) is 9.47 Å². The third kappa shape index (κ3) is 3.06. The van der Waals surface area contributed by atoms with Crippen LogP contribution in [0.3, 0.4) is 0 Å². The van der Waals surface area contributed by atoms with E-state index in [-0.39, 0.29) is 11.7 Å². The molecule has 104 valence electrons. The molecule has 0 aliphatic carbocycles. The number of hydrogen-bond acceptors (Lipinski definition) is 3. The van der Waals surface area contributed by atoms with Crippen LogP contribution in [0.2, 0.25) is 0 Å². The van der Waals surface area contributed by atoms with Crippen LogP contribution >= 0.6 is 0 Å². The van der Waals surface area contributed by atoms with Crippen LogP contribution in [0.25, 0.3) is 0 Å². The minimum absolute atomic E-state index is 0.129. The van der Waals surface area contributed by atoms with E-state index in [1.165, 1.54) is 26.4 Å². The molecular formula is C15H14FNO3. The fourth-order valence-electron chi connectivity index (χ4n) is 1.71. The Bertz CT molecular complexity index is 628. The number of amides is 1. The van der Waals surface area contributed by atoms with E-state index < -0.39 is 5.82 Å². The molecule has 1 amide bonds. The number of carbonyl (C=O) groups is 1. The number of benzene rings is 2. The van der Waals surface area contributed by atoms with Gasteiger partial charge in [-0.05, 0) is 30.3 Å².